The van der Waals surface area contributed by atoms with E-state index >= 15 is 0 Å². The number of carbonyl (C=O) groups is 3. The van der Waals surface area contributed by atoms with Crippen LogP contribution in [0.3, 0.4) is 0 Å². The van der Waals surface area contributed by atoms with E-state index in [1.165, 1.54) is 19.1 Å². The molecule has 27 heavy (non-hydrogen) atoms. The van der Waals surface area contributed by atoms with Gasteiger partial charge in [0.25, 0.3) is 5.91 Å². The summed E-state index contributed by atoms with van der Waals surface area (Å²) in [4.78, 5) is 37.2. The molecule has 0 heterocycles. The summed E-state index contributed by atoms with van der Waals surface area (Å²) >= 11 is 0. The van der Waals surface area contributed by atoms with Crippen LogP contribution in [0.4, 0.5) is 5.69 Å². The maximum Gasteiger partial charge on any atom is 0.338 e. The molecule has 1 N–H and O–H groups in total. The third kappa shape index (κ3) is 6.14. The van der Waals surface area contributed by atoms with E-state index in [4.69, 9.17) is 9.47 Å². The largest absolute Gasteiger partial charge is 0.497 e. The summed E-state index contributed by atoms with van der Waals surface area (Å²) in [6, 6.07) is 13.7. The molecule has 0 aromatic heterocycles. The highest BCUT2D eigenvalue weighted by molar-refractivity contribution is 5.95. The van der Waals surface area contributed by atoms with Crippen LogP contribution in [0.25, 0.3) is 0 Å². The highest BCUT2D eigenvalue weighted by Gasteiger charge is 2.16. The van der Waals surface area contributed by atoms with Gasteiger partial charge in [0.15, 0.2) is 6.61 Å². The monoisotopic (exact) mass is 370 g/mol. The van der Waals surface area contributed by atoms with Crippen molar-refractivity contribution in [1.29, 1.82) is 0 Å². The molecule has 0 saturated heterocycles. The Kier molecular flexibility index (Phi) is 6.93. The average Bonchev–Trinajstić information content (AvgIpc) is 2.66. The van der Waals surface area contributed by atoms with Gasteiger partial charge < -0.3 is 19.7 Å². The molecule has 0 fully saturated rings. The van der Waals surface area contributed by atoms with Crippen LogP contribution in [-0.4, -0.2) is 50.0 Å². The van der Waals surface area contributed by atoms with Gasteiger partial charge in [-0.05, 0) is 31.2 Å². The number of amides is 2. The van der Waals surface area contributed by atoms with Crippen molar-refractivity contribution in [2.75, 3.05) is 32.6 Å². The molecule has 0 bridgehead atoms. The van der Waals surface area contributed by atoms with Crippen molar-refractivity contribution in [3.8, 4) is 5.75 Å². The van der Waals surface area contributed by atoms with E-state index in [2.05, 4.69) is 5.32 Å². The number of hydrogen-bond donors (Lipinski definition) is 1. The fraction of sp³-hybridized carbons (Fsp3) is 0.250. The zero-order valence-corrected chi connectivity index (χ0v) is 15.5. The third-order valence-corrected chi connectivity index (χ3v) is 3.77. The van der Waals surface area contributed by atoms with Crippen molar-refractivity contribution in [3.05, 3.63) is 59.7 Å². The summed E-state index contributed by atoms with van der Waals surface area (Å²) in [6.45, 7) is 1.30. The second kappa shape index (κ2) is 9.38. The normalized spacial score (nSPS) is 10.0. The van der Waals surface area contributed by atoms with Crippen LogP contribution in [0.15, 0.2) is 48.5 Å². The predicted molar refractivity (Wildman–Crippen MR) is 101 cm³/mol. The first-order valence-electron chi connectivity index (χ1n) is 8.30. The van der Waals surface area contributed by atoms with Gasteiger partial charge in [-0.3, -0.25) is 9.59 Å². The highest BCUT2D eigenvalue weighted by Crippen LogP contribution is 2.16. The molecule has 0 atom stereocenters. The van der Waals surface area contributed by atoms with E-state index in [-0.39, 0.29) is 12.5 Å². The molecule has 2 amide bonds. The van der Waals surface area contributed by atoms with Crippen LogP contribution < -0.4 is 10.1 Å². The summed E-state index contributed by atoms with van der Waals surface area (Å²) in [5.74, 6) is -0.821. The number of carbonyl (C=O) groups excluding carboxylic acids is 3. The fourth-order valence-corrected chi connectivity index (χ4v) is 2.22. The lowest BCUT2D eigenvalue weighted by Crippen LogP contribution is -2.37. The Balaban J connectivity index is 1.81. The Morgan fingerprint density at radius 1 is 1.07 bits per heavy atom. The van der Waals surface area contributed by atoms with E-state index in [0.717, 1.165) is 5.56 Å². The molecular formula is C20H22N2O5. The van der Waals surface area contributed by atoms with Crippen LogP contribution in [0.1, 0.15) is 15.9 Å². The molecule has 2 rings (SSSR count). The van der Waals surface area contributed by atoms with E-state index in [0.29, 0.717) is 17.0 Å². The van der Waals surface area contributed by atoms with E-state index in [1.54, 1.807) is 48.5 Å². The van der Waals surface area contributed by atoms with Gasteiger partial charge in [-0.2, -0.15) is 0 Å². The Morgan fingerprint density at radius 2 is 1.78 bits per heavy atom. The van der Waals surface area contributed by atoms with Crippen LogP contribution in [0.2, 0.25) is 0 Å². The van der Waals surface area contributed by atoms with Gasteiger partial charge in [-0.15, -0.1) is 0 Å². The minimum Gasteiger partial charge on any atom is -0.497 e. The van der Waals surface area contributed by atoms with Crippen molar-refractivity contribution >= 4 is 23.5 Å². The number of likely N-dealkylation sites (N-methyl/N-ethyl adjacent to an activating group) is 1. The number of rotatable bonds is 7. The molecule has 0 aliphatic heterocycles. The van der Waals surface area contributed by atoms with E-state index < -0.39 is 18.5 Å². The minimum atomic E-state index is -0.586. The Hall–Kier alpha value is -3.35. The molecule has 2 aromatic carbocycles. The summed E-state index contributed by atoms with van der Waals surface area (Å²) in [5.41, 5.74) is 1.95. The van der Waals surface area contributed by atoms with Crippen LogP contribution >= 0.6 is 0 Å². The van der Waals surface area contributed by atoms with Gasteiger partial charge in [-0.25, -0.2) is 4.79 Å². The summed E-state index contributed by atoms with van der Waals surface area (Å²) in [7, 11) is 3.00. The Morgan fingerprint density at radius 3 is 2.44 bits per heavy atom. The van der Waals surface area contributed by atoms with Crippen molar-refractivity contribution in [1.82, 2.24) is 4.90 Å². The molecule has 142 valence electrons. The molecule has 0 spiro atoms. The van der Waals surface area contributed by atoms with Gasteiger partial charge in [0.2, 0.25) is 5.91 Å². The van der Waals surface area contributed by atoms with Crippen molar-refractivity contribution in [2.24, 2.45) is 0 Å². The maximum atomic E-state index is 12.1. The lowest BCUT2D eigenvalue weighted by molar-refractivity contribution is -0.136. The number of nitrogens with zero attached hydrogens (tertiary/aromatic N) is 1. The van der Waals surface area contributed by atoms with Crippen LogP contribution in [0, 0.1) is 6.92 Å². The lowest BCUT2D eigenvalue weighted by atomic mass is 10.1. The topological polar surface area (TPSA) is 84.9 Å². The minimum absolute atomic E-state index is 0.169. The van der Waals surface area contributed by atoms with Crippen molar-refractivity contribution in [3.63, 3.8) is 0 Å². The molecule has 2 aromatic rings. The van der Waals surface area contributed by atoms with Gasteiger partial charge >= 0.3 is 5.97 Å². The summed E-state index contributed by atoms with van der Waals surface area (Å²) < 4.78 is 10.1. The van der Waals surface area contributed by atoms with Crippen molar-refractivity contribution < 1.29 is 23.9 Å². The summed E-state index contributed by atoms with van der Waals surface area (Å²) in [5, 5.41) is 2.68. The SMILES string of the molecule is COc1cccc(NC(=O)CN(C)C(=O)COC(=O)c2ccc(C)cc2)c1. The molecule has 0 radical (unpaired) electrons. The standard InChI is InChI=1S/C20H22N2O5/c1-14-7-9-15(10-8-14)20(25)27-13-19(24)22(2)12-18(23)21-16-5-4-6-17(11-16)26-3/h4-11H,12-13H2,1-3H3,(H,21,23). The number of nitrogens with one attached hydrogen (secondary N) is 1. The molecule has 7 nitrogen and oxygen atoms in total. The second-order valence-corrected chi connectivity index (χ2v) is 5.97. The van der Waals surface area contributed by atoms with Gasteiger partial charge in [0.1, 0.15) is 5.75 Å². The Bertz CT molecular complexity index is 817. The van der Waals surface area contributed by atoms with Gasteiger partial charge in [-0.1, -0.05) is 23.8 Å². The number of esters is 1. The molecule has 0 unspecified atom stereocenters. The quantitative estimate of drug-likeness (QED) is 0.756. The molecule has 0 aliphatic rings. The first-order valence-corrected chi connectivity index (χ1v) is 8.30. The van der Waals surface area contributed by atoms with Crippen LogP contribution in [0.5, 0.6) is 5.75 Å². The molecule has 0 aliphatic carbocycles. The molecular weight excluding hydrogens is 348 g/mol. The van der Waals surface area contributed by atoms with Crippen LogP contribution in [-0.2, 0) is 14.3 Å². The van der Waals surface area contributed by atoms with Gasteiger partial charge in [0, 0.05) is 18.8 Å². The third-order valence-electron chi connectivity index (χ3n) is 3.77. The van der Waals surface area contributed by atoms with Gasteiger partial charge in [0.05, 0.1) is 19.2 Å². The molecule has 7 heteroatoms. The maximum absolute atomic E-state index is 12.1. The Labute approximate surface area is 157 Å². The number of hydrogen-bond acceptors (Lipinski definition) is 5. The van der Waals surface area contributed by atoms with Crippen molar-refractivity contribution in [2.45, 2.75) is 6.92 Å². The first kappa shape index (κ1) is 20.0. The number of methoxy groups -OCH3 is 1. The first-order chi connectivity index (χ1) is 12.9. The average molecular weight is 370 g/mol. The number of ether oxygens (including phenoxy) is 2. The zero-order chi connectivity index (χ0) is 19.8. The highest BCUT2D eigenvalue weighted by atomic mass is 16.5. The zero-order valence-electron chi connectivity index (χ0n) is 15.5. The molecule has 0 saturated carbocycles. The second-order valence-electron chi connectivity index (χ2n) is 5.97. The lowest BCUT2D eigenvalue weighted by Gasteiger charge is -2.17. The fourth-order valence-electron chi connectivity index (χ4n) is 2.22. The predicted octanol–water partition coefficient (Wildman–Crippen LogP) is 2.26. The summed E-state index contributed by atoms with van der Waals surface area (Å²) in [6.07, 6.45) is 0. The van der Waals surface area contributed by atoms with E-state index in [1.807, 2.05) is 6.92 Å². The number of aryl methyl sites for hydroxylation is 1. The number of benzene rings is 2. The number of anilines is 1. The van der Waals surface area contributed by atoms with E-state index in [9.17, 15) is 14.4 Å². The smallest absolute Gasteiger partial charge is 0.338 e.